The molecule has 1 amide bonds. The van der Waals surface area contributed by atoms with Crippen molar-refractivity contribution < 1.29 is 14.3 Å². The van der Waals surface area contributed by atoms with Gasteiger partial charge in [0.05, 0.1) is 13.5 Å². The number of nitrogens with zero attached hydrogens (tertiary/aromatic N) is 2. The maximum absolute atomic E-state index is 13.1. The van der Waals surface area contributed by atoms with Crippen molar-refractivity contribution in [2.24, 2.45) is 5.92 Å². The van der Waals surface area contributed by atoms with Crippen LogP contribution in [0.3, 0.4) is 0 Å². The van der Waals surface area contributed by atoms with Crippen LogP contribution in [0, 0.1) is 5.92 Å². The Morgan fingerprint density at radius 1 is 1.40 bits per heavy atom. The van der Waals surface area contributed by atoms with Crippen LogP contribution >= 0.6 is 0 Å². The number of hydrogen-bond donors (Lipinski definition) is 1. The van der Waals surface area contributed by atoms with E-state index >= 15 is 0 Å². The Kier molecular flexibility index (Phi) is 3.04. The number of carbonyl (C=O) groups is 2. The lowest BCUT2D eigenvalue weighted by Crippen LogP contribution is -2.30. The zero-order valence-electron chi connectivity index (χ0n) is 14.0. The highest BCUT2D eigenvalue weighted by Gasteiger charge is 2.49. The molecule has 0 saturated heterocycles. The van der Waals surface area contributed by atoms with Gasteiger partial charge >= 0.3 is 5.97 Å². The average Bonchev–Trinajstić information content (AvgIpc) is 2.98. The molecule has 2 aliphatic carbocycles. The summed E-state index contributed by atoms with van der Waals surface area (Å²) >= 11 is 0. The number of fused-ring (bicyclic) bond motifs is 4. The number of methoxy groups -OCH3 is 1. The van der Waals surface area contributed by atoms with E-state index in [0.29, 0.717) is 24.1 Å². The third-order valence-corrected chi connectivity index (χ3v) is 5.73. The van der Waals surface area contributed by atoms with Crippen molar-refractivity contribution >= 4 is 17.6 Å². The Morgan fingerprint density at radius 2 is 2.28 bits per heavy atom. The van der Waals surface area contributed by atoms with Crippen molar-refractivity contribution in [2.45, 2.75) is 31.6 Å². The van der Waals surface area contributed by atoms with E-state index in [4.69, 9.17) is 4.74 Å². The number of aromatic nitrogens is 2. The number of carbonyl (C=O) groups excluding carboxylic acids is 2. The number of esters is 1. The molecule has 25 heavy (non-hydrogen) atoms. The summed E-state index contributed by atoms with van der Waals surface area (Å²) in [6.45, 7) is 0.657. The Hall–Kier alpha value is -2.63. The third kappa shape index (κ3) is 2.20. The fourth-order valence-corrected chi connectivity index (χ4v) is 4.27. The zero-order valence-corrected chi connectivity index (χ0v) is 14.0. The van der Waals surface area contributed by atoms with Gasteiger partial charge in [-0.05, 0) is 42.4 Å². The van der Waals surface area contributed by atoms with Gasteiger partial charge in [0, 0.05) is 29.4 Å². The Labute approximate surface area is 145 Å². The second kappa shape index (κ2) is 5.18. The predicted octanol–water partition coefficient (Wildman–Crippen LogP) is 1.99. The van der Waals surface area contributed by atoms with E-state index in [0.717, 1.165) is 35.2 Å². The lowest BCUT2D eigenvalue weighted by Gasteiger charge is -2.17. The van der Waals surface area contributed by atoms with E-state index in [9.17, 15) is 9.59 Å². The van der Waals surface area contributed by atoms with Crippen molar-refractivity contribution in [3.8, 4) is 0 Å². The topological polar surface area (TPSA) is 75.3 Å². The van der Waals surface area contributed by atoms with Crippen molar-refractivity contribution in [3.05, 3.63) is 46.3 Å². The van der Waals surface area contributed by atoms with Gasteiger partial charge in [-0.3, -0.25) is 14.7 Å². The standard InChI is InChI=1S/C19H19N3O3/c1-25-16(23)7-10-2-3-11-4-5-22(15(11)6-10)19(24)18-14-9-12-8-13(12)17(14)20-21-18/h2-3,6,12-13H,4-5,7-9H2,1H3,(H,20,21)/t12-,13-/m1/s1. The van der Waals surface area contributed by atoms with E-state index in [1.807, 2.05) is 18.2 Å². The molecular weight excluding hydrogens is 318 g/mol. The summed E-state index contributed by atoms with van der Waals surface area (Å²) in [5, 5.41) is 7.42. The molecule has 1 fully saturated rings. The second-order valence-electron chi connectivity index (χ2n) is 7.19. The van der Waals surface area contributed by atoms with Gasteiger partial charge in [0.25, 0.3) is 5.91 Å². The number of hydrogen-bond acceptors (Lipinski definition) is 4. The molecule has 1 aromatic heterocycles. The Morgan fingerprint density at radius 3 is 3.12 bits per heavy atom. The molecule has 128 valence electrons. The summed E-state index contributed by atoms with van der Waals surface area (Å²) in [5.74, 6) is 1.00. The van der Waals surface area contributed by atoms with Crippen LogP contribution in [-0.4, -0.2) is 35.7 Å². The maximum atomic E-state index is 13.1. The summed E-state index contributed by atoms with van der Waals surface area (Å²) < 4.78 is 4.74. The van der Waals surface area contributed by atoms with E-state index in [1.165, 1.54) is 19.2 Å². The van der Waals surface area contributed by atoms with Crippen molar-refractivity contribution in [3.63, 3.8) is 0 Å². The van der Waals surface area contributed by atoms with Crippen LogP contribution in [0.25, 0.3) is 0 Å². The average molecular weight is 337 g/mol. The molecule has 5 rings (SSSR count). The van der Waals surface area contributed by atoms with Gasteiger partial charge in [-0.25, -0.2) is 0 Å². The van der Waals surface area contributed by atoms with E-state index in [-0.39, 0.29) is 18.3 Å². The molecule has 2 aromatic rings. The highest BCUT2D eigenvalue weighted by atomic mass is 16.5. The van der Waals surface area contributed by atoms with Crippen LogP contribution < -0.4 is 4.90 Å². The molecule has 0 bridgehead atoms. The minimum absolute atomic E-state index is 0.0345. The largest absolute Gasteiger partial charge is 0.469 e. The molecule has 0 radical (unpaired) electrons. The van der Waals surface area contributed by atoms with Crippen molar-refractivity contribution in [2.75, 3.05) is 18.6 Å². The number of amides is 1. The predicted molar refractivity (Wildman–Crippen MR) is 90.7 cm³/mol. The van der Waals surface area contributed by atoms with Crippen molar-refractivity contribution in [1.82, 2.24) is 10.2 Å². The minimum atomic E-state index is -0.278. The highest BCUT2D eigenvalue weighted by Crippen LogP contribution is 2.56. The fraction of sp³-hybridized carbons (Fsp3) is 0.421. The molecule has 3 aliphatic rings. The highest BCUT2D eigenvalue weighted by molar-refractivity contribution is 6.07. The summed E-state index contributed by atoms with van der Waals surface area (Å²) in [5.41, 5.74) is 5.76. The first-order chi connectivity index (χ1) is 12.2. The molecule has 6 heteroatoms. The molecule has 2 heterocycles. The van der Waals surface area contributed by atoms with Crippen LogP contribution in [0.15, 0.2) is 18.2 Å². The lowest BCUT2D eigenvalue weighted by molar-refractivity contribution is -0.139. The van der Waals surface area contributed by atoms with Gasteiger partial charge < -0.3 is 9.64 Å². The van der Waals surface area contributed by atoms with Gasteiger partial charge in [-0.2, -0.15) is 5.10 Å². The zero-order chi connectivity index (χ0) is 17.1. The number of nitrogens with one attached hydrogen (secondary N) is 1. The number of anilines is 1. The normalized spacial score (nSPS) is 22.4. The summed E-state index contributed by atoms with van der Waals surface area (Å²) in [6.07, 6.45) is 3.25. The van der Waals surface area contributed by atoms with Crippen LogP contribution in [0.4, 0.5) is 5.69 Å². The van der Waals surface area contributed by atoms with E-state index < -0.39 is 0 Å². The molecule has 1 saturated carbocycles. The quantitative estimate of drug-likeness (QED) is 0.869. The van der Waals surface area contributed by atoms with Crippen LogP contribution in [0.2, 0.25) is 0 Å². The number of H-pyrrole nitrogens is 1. The van der Waals surface area contributed by atoms with Crippen LogP contribution in [0.1, 0.15) is 45.2 Å². The molecule has 1 aliphatic heterocycles. The first-order valence-corrected chi connectivity index (χ1v) is 8.73. The molecule has 0 unspecified atom stereocenters. The molecule has 2 atom stereocenters. The van der Waals surface area contributed by atoms with Gasteiger partial charge in [0.2, 0.25) is 0 Å². The Balaban J connectivity index is 1.45. The van der Waals surface area contributed by atoms with Gasteiger partial charge in [0.15, 0.2) is 5.69 Å². The van der Waals surface area contributed by atoms with Crippen molar-refractivity contribution in [1.29, 1.82) is 0 Å². The second-order valence-corrected chi connectivity index (χ2v) is 7.19. The summed E-state index contributed by atoms with van der Waals surface area (Å²) in [6, 6.07) is 5.87. The SMILES string of the molecule is COC(=O)Cc1ccc2c(c1)N(C(=O)c1n[nH]c3c1C[C@H]1C[C@@H]31)CC2. The maximum Gasteiger partial charge on any atom is 0.309 e. The molecule has 1 aromatic carbocycles. The first kappa shape index (κ1) is 14.7. The lowest BCUT2D eigenvalue weighted by atomic mass is 10.1. The first-order valence-electron chi connectivity index (χ1n) is 8.73. The van der Waals surface area contributed by atoms with Gasteiger partial charge in [-0.1, -0.05) is 12.1 Å². The minimum Gasteiger partial charge on any atom is -0.469 e. The number of ether oxygens (including phenoxy) is 1. The monoisotopic (exact) mass is 337 g/mol. The number of rotatable bonds is 3. The van der Waals surface area contributed by atoms with E-state index in [2.05, 4.69) is 10.2 Å². The molecule has 6 nitrogen and oxygen atoms in total. The molecule has 1 N–H and O–H groups in total. The summed E-state index contributed by atoms with van der Waals surface area (Å²) in [4.78, 5) is 26.4. The van der Waals surface area contributed by atoms with Gasteiger partial charge in [0.1, 0.15) is 0 Å². The van der Waals surface area contributed by atoms with Crippen LogP contribution in [0.5, 0.6) is 0 Å². The smallest absolute Gasteiger partial charge is 0.309 e. The fourth-order valence-electron chi connectivity index (χ4n) is 4.27. The number of aromatic amines is 1. The Bertz CT molecular complexity index is 901. The molecular formula is C19H19N3O3. The third-order valence-electron chi connectivity index (χ3n) is 5.73. The van der Waals surface area contributed by atoms with Gasteiger partial charge in [-0.15, -0.1) is 0 Å². The van der Waals surface area contributed by atoms with Crippen LogP contribution in [-0.2, 0) is 28.8 Å². The molecule has 0 spiro atoms. The van der Waals surface area contributed by atoms with E-state index in [1.54, 1.807) is 4.90 Å². The summed E-state index contributed by atoms with van der Waals surface area (Å²) in [7, 11) is 1.38. The number of benzene rings is 1.